The molecule has 0 saturated heterocycles. The van der Waals surface area contributed by atoms with Gasteiger partial charge in [0.1, 0.15) is 0 Å². The van der Waals surface area contributed by atoms with Gasteiger partial charge in [-0.05, 0) is 44.9 Å². The highest BCUT2D eigenvalue weighted by molar-refractivity contribution is 7.99. The van der Waals surface area contributed by atoms with Crippen LogP contribution in [-0.2, 0) is 0 Å². The minimum atomic E-state index is 0.155. The van der Waals surface area contributed by atoms with Gasteiger partial charge in [-0.1, -0.05) is 11.8 Å². The first-order chi connectivity index (χ1) is 12.1. The molecule has 4 rings (SSSR count). The fourth-order valence-corrected chi connectivity index (χ4v) is 4.68. The van der Waals surface area contributed by atoms with Crippen molar-refractivity contribution in [2.75, 3.05) is 5.75 Å². The van der Waals surface area contributed by atoms with Crippen LogP contribution in [0.1, 0.15) is 39.0 Å². The normalized spacial score (nSPS) is 14.0. The van der Waals surface area contributed by atoms with Crippen LogP contribution in [-0.4, -0.2) is 31.3 Å². The molecular formula is C18H18N4OS2. The maximum Gasteiger partial charge on any atom is 0.192 e. The summed E-state index contributed by atoms with van der Waals surface area (Å²) in [5.41, 5.74) is 1.85. The highest BCUT2D eigenvalue weighted by Gasteiger charge is 2.30. The minimum Gasteiger partial charge on any atom is -0.299 e. The molecule has 0 aromatic carbocycles. The van der Waals surface area contributed by atoms with Gasteiger partial charge in [-0.15, -0.1) is 21.5 Å². The first kappa shape index (κ1) is 16.5. The van der Waals surface area contributed by atoms with Crippen molar-refractivity contribution in [1.29, 1.82) is 0 Å². The Morgan fingerprint density at radius 3 is 2.68 bits per heavy atom. The van der Waals surface area contributed by atoms with Crippen LogP contribution in [0.2, 0.25) is 0 Å². The number of hydrogen-bond donors (Lipinski definition) is 0. The van der Waals surface area contributed by atoms with Gasteiger partial charge in [0.15, 0.2) is 16.8 Å². The zero-order valence-electron chi connectivity index (χ0n) is 14.1. The summed E-state index contributed by atoms with van der Waals surface area (Å²) in [6.07, 6.45) is 5.81. The Labute approximate surface area is 154 Å². The smallest absolute Gasteiger partial charge is 0.192 e. The largest absolute Gasteiger partial charge is 0.299 e. The molecule has 0 aliphatic heterocycles. The first-order valence-corrected chi connectivity index (χ1v) is 10.0. The molecule has 0 spiro atoms. The predicted octanol–water partition coefficient (Wildman–Crippen LogP) is 4.33. The molecule has 0 bridgehead atoms. The molecule has 0 N–H and O–H groups in total. The highest BCUT2D eigenvalue weighted by atomic mass is 32.2. The number of pyridine rings is 1. The summed E-state index contributed by atoms with van der Waals surface area (Å²) in [6, 6.07) is 6.32. The number of aryl methyl sites for hydroxylation is 2. The lowest BCUT2D eigenvalue weighted by Gasteiger charge is -2.08. The van der Waals surface area contributed by atoms with Crippen molar-refractivity contribution in [3.8, 4) is 11.4 Å². The van der Waals surface area contributed by atoms with Crippen molar-refractivity contribution < 1.29 is 4.79 Å². The fraction of sp³-hybridized carbons (Fsp3) is 0.333. The van der Waals surface area contributed by atoms with E-state index in [-0.39, 0.29) is 5.78 Å². The lowest BCUT2D eigenvalue weighted by atomic mass is 10.2. The molecule has 3 heterocycles. The van der Waals surface area contributed by atoms with Crippen LogP contribution in [0, 0.1) is 13.8 Å². The third-order valence-corrected chi connectivity index (χ3v) is 6.10. The van der Waals surface area contributed by atoms with Crippen LogP contribution in [0.25, 0.3) is 11.4 Å². The molecule has 0 amide bonds. The van der Waals surface area contributed by atoms with E-state index in [9.17, 15) is 4.79 Å². The molecule has 1 saturated carbocycles. The third-order valence-electron chi connectivity index (χ3n) is 4.19. The topological polar surface area (TPSA) is 60.7 Å². The van der Waals surface area contributed by atoms with E-state index in [0.717, 1.165) is 39.8 Å². The second-order valence-electron chi connectivity index (χ2n) is 6.18. The number of carbonyl (C=O) groups is 1. The molecule has 3 aromatic rings. The van der Waals surface area contributed by atoms with Gasteiger partial charge < -0.3 is 0 Å². The van der Waals surface area contributed by atoms with Crippen molar-refractivity contribution >= 4 is 28.9 Å². The molecule has 1 aliphatic rings. The predicted molar refractivity (Wildman–Crippen MR) is 100 cm³/mol. The number of aromatic nitrogens is 4. The van der Waals surface area contributed by atoms with E-state index < -0.39 is 0 Å². The van der Waals surface area contributed by atoms with E-state index in [1.807, 2.05) is 32.0 Å². The maximum atomic E-state index is 12.5. The van der Waals surface area contributed by atoms with Crippen LogP contribution in [0.15, 0.2) is 35.7 Å². The summed E-state index contributed by atoms with van der Waals surface area (Å²) < 4.78 is 2.18. The second kappa shape index (κ2) is 6.72. The standard InChI is InChI=1S/C18H18N4OS2/c1-11-9-15(12(2)25-11)16(23)10-24-18-21-20-17(22(18)14-3-4-14)13-5-7-19-8-6-13/h5-9,14H,3-4,10H2,1-2H3. The van der Waals surface area contributed by atoms with Crippen LogP contribution >= 0.6 is 23.1 Å². The molecule has 7 heteroatoms. The quantitative estimate of drug-likeness (QED) is 0.477. The Balaban J connectivity index is 1.56. The summed E-state index contributed by atoms with van der Waals surface area (Å²) in [6.45, 7) is 4.04. The summed E-state index contributed by atoms with van der Waals surface area (Å²) in [4.78, 5) is 18.9. The molecule has 0 radical (unpaired) electrons. The Bertz CT molecular complexity index is 913. The molecule has 0 unspecified atom stereocenters. The van der Waals surface area contributed by atoms with Crippen molar-refractivity contribution in [1.82, 2.24) is 19.7 Å². The zero-order chi connectivity index (χ0) is 17.4. The van der Waals surface area contributed by atoms with Gasteiger partial charge in [0.2, 0.25) is 0 Å². The molecule has 3 aromatic heterocycles. The van der Waals surface area contributed by atoms with Crippen LogP contribution in [0.3, 0.4) is 0 Å². The summed E-state index contributed by atoms with van der Waals surface area (Å²) in [5.74, 6) is 1.41. The van der Waals surface area contributed by atoms with Crippen molar-refractivity contribution in [3.05, 3.63) is 45.9 Å². The van der Waals surface area contributed by atoms with E-state index in [2.05, 4.69) is 19.7 Å². The average Bonchev–Trinajstić information content (AvgIpc) is 3.27. The number of thiophene rings is 1. The van der Waals surface area contributed by atoms with Crippen molar-refractivity contribution in [2.45, 2.75) is 37.9 Å². The number of ketones is 1. The first-order valence-electron chi connectivity index (χ1n) is 8.22. The molecule has 128 valence electrons. The zero-order valence-corrected chi connectivity index (χ0v) is 15.7. The van der Waals surface area contributed by atoms with E-state index in [1.54, 1.807) is 23.7 Å². The van der Waals surface area contributed by atoms with Crippen LogP contribution < -0.4 is 0 Å². The maximum absolute atomic E-state index is 12.5. The molecule has 25 heavy (non-hydrogen) atoms. The Morgan fingerprint density at radius 2 is 2.04 bits per heavy atom. The van der Waals surface area contributed by atoms with E-state index in [4.69, 9.17) is 0 Å². The number of carbonyl (C=O) groups excluding carboxylic acids is 1. The van der Waals surface area contributed by atoms with Crippen molar-refractivity contribution in [2.24, 2.45) is 0 Å². The third kappa shape index (κ3) is 3.39. The minimum absolute atomic E-state index is 0.155. The van der Waals surface area contributed by atoms with Crippen molar-refractivity contribution in [3.63, 3.8) is 0 Å². The lowest BCUT2D eigenvalue weighted by Crippen LogP contribution is -2.05. The highest BCUT2D eigenvalue weighted by Crippen LogP contribution is 2.41. The second-order valence-corrected chi connectivity index (χ2v) is 8.58. The van der Waals surface area contributed by atoms with Gasteiger partial charge in [0, 0.05) is 39.3 Å². The van der Waals surface area contributed by atoms with Gasteiger partial charge >= 0.3 is 0 Å². The van der Waals surface area contributed by atoms with E-state index in [0.29, 0.717) is 11.8 Å². The van der Waals surface area contributed by atoms with Gasteiger partial charge in [-0.2, -0.15) is 0 Å². The Morgan fingerprint density at radius 1 is 1.28 bits per heavy atom. The Kier molecular flexibility index (Phi) is 4.43. The summed E-state index contributed by atoms with van der Waals surface area (Å²) in [5, 5.41) is 9.55. The molecule has 1 fully saturated rings. The number of nitrogens with zero attached hydrogens (tertiary/aromatic N) is 4. The molecular weight excluding hydrogens is 352 g/mol. The lowest BCUT2D eigenvalue weighted by molar-refractivity contribution is 0.102. The average molecular weight is 371 g/mol. The number of Topliss-reactive ketones (excluding diaryl/α,β-unsaturated/α-hetero) is 1. The van der Waals surface area contributed by atoms with Crippen LogP contribution in [0.4, 0.5) is 0 Å². The Hall–Kier alpha value is -1.99. The number of thioether (sulfide) groups is 1. The summed E-state index contributed by atoms with van der Waals surface area (Å²) >= 11 is 3.15. The molecule has 1 aliphatic carbocycles. The van der Waals surface area contributed by atoms with Gasteiger partial charge in [-0.3, -0.25) is 14.3 Å². The van der Waals surface area contributed by atoms with E-state index >= 15 is 0 Å². The fourth-order valence-electron chi connectivity index (χ4n) is 2.85. The van der Waals surface area contributed by atoms with Crippen LogP contribution in [0.5, 0.6) is 0 Å². The van der Waals surface area contributed by atoms with Gasteiger partial charge in [0.05, 0.1) is 5.75 Å². The summed E-state index contributed by atoms with van der Waals surface area (Å²) in [7, 11) is 0. The SMILES string of the molecule is Cc1cc(C(=O)CSc2nnc(-c3ccncc3)n2C2CC2)c(C)s1. The number of hydrogen-bond acceptors (Lipinski definition) is 6. The number of rotatable bonds is 6. The van der Waals surface area contributed by atoms with Gasteiger partial charge in [0.25, 0.3) is 0 Å². The monoisotopic (exact) mass is 370 g/mol. The molecule has 0 atom stereocenters. The van der Waals surface area contributed by atoms with Gasteiger partial charge in [-0.25, -0.2) is 0 Å². The molecule has 5 nitrogen and oxygen atoms in total. The van der Waals surface area contributed by atoms with E-state index in [1.165, 1.54) is 16.6 Å².